The Kier molecular flexibility index (Phi) is 8.88. The number of carbonyl (C=O) groups excluding carboxylic acids is 2. The van der Waals surface area contributed by atoms with E-state index >= 15 is 0 Å². The highest BCUT2D eigenvalue weighted by atomic mass is 35.5. The molecule has 1 aliphatic rings. The molecule has 0 saturated carbocycles. The molecule has 1 aliphatic heterocycles. The maximum Gasteiger partial charge on any atom is 0.264 e. The minimum Gasteiger partial charge on any atom is -0.453 e. The number of ether oxygens (including phenoxy) is 1. The number of benzene rings is 2. The zero-order chi connectivity index (χ0) is 25.8. The predicted molar refractivity (Wildman–Crippen MR) is 153 cm³/mol. The summed E-state index contributed by atoms with van der Waals surface area (Å²) in [4.78, 5) is 31.8. The van der Waals surface area contributed by atoms with Gasteiger partial charge in [0.05, 0.1) is 21.5 Å². The van der Waals surface area contributed by atoms with Gasteiger partial charge < -0.3 is 20.3 Å². The Labute approximate surface area is 234 Å². The van der Waals surface area contributed by atoms with Crippen LogP contribution in [0.3, 0.4) is 0 Å². The number of thiocarbonyl (C=S) groups is 1. The van der Waals surface area contributed by atoms with E-state index in [2.05, 4.69) is 15.6 Å². The number of pyridine rings is 1. The molecule has 38 heavy (non-hydrogen) atoms. The maximum absolute atomic E-state index is 14.9. The zero-order valence-corrected chi connectivity index (χ0v) is 22.6. The average molecular weight is 571 g/mol. The second-order valence-electron chi connectivity index (χ2n) is 8.55. The van der Waals surface area contributed by atoms with Gasteiger partial charge in [0, 0.05) is 37.1 Å². The van der Waals surface area contributed by atoms with Gasteiger partial charge in [0.2, 0.25) is 5.91 Å². The van der Waals surface area contributed by atoms with Gasteiger partial charge in [-0.1, -0.05) is 30.3 Å². The number of carbonyl (C=O) groups is 2. The Morgan fingerprint density at radius 3 is 2.55 bits per heavy atom. The van der Waals surface area contributed by atoms with Crippen molar-refractivity contribution in [2.45, 2.75) is 19.3 Å². The van der Waals surface area contributed by atoms with E-state index in [1.807, 2.05) is 35.2 Å². The molecule has 0 atom stereocenters. The number of rotatable bonds is 6. The molecule has 2 N–H and O–H groups in total. The molecule has 1 fully saturated rings. The van der Waals surface area contributed by atoms with Gasteiger partial charge in [-0.05, 0) is 48.8 Å². The van der Waals surface area contributed by atoms with Crippen LogP contribution in [0.5, 0.6) is 11.5 Å². The summed E-state index contributed by atoms with van der Waals surface area (Å²) in [5, 5.41) is 5.48. The van der Waals surface area contributed by atoms with Crippen molar-refractivity contribution in [3.63, 3.8) is 0 Å². The summed E-state index contributed by atoms with van der Waals surface area (Å²) in [7, 11) is 0. The van der Waals surface area contributed by atoms with Gasteiger partial charge in [-0.25, -0.2) is 4.39 Å². The minimum atomic E-state index is -0.613. The van der Waals surface area contributed by atoms with Gasteiger partial charge in [-0.2, -0.15) is 0 Å². The molecule has 1 saturated heterocycles. The second kappa shape index (κ2) is 12.3. The van der Waals surface area contributed by atoms with Crippen LogP contribution >= 0.6 is 36.0 Å². The second-order valence-corrected chi connectivity index (χ2v) is 10.0. The van der Waals surface area contributed by atoms with Gasteiger partial charge in [-0.3, -0.25) is 14.6 Å². The van der Waals surface area contributed by atoms with Crippen molar-refractivity contribution < 1.29 is 18.7 Å². The van der Waals surface area contributed by atoms with Crippen molar-refractivity contribution >= 4 is 68.8 Å². The summed E-state index contributed by atoms with van der Waals surface area (Å²) in [6.45, 7) is 1.52. The molecule has 4 aromatic rings. The molecule has 0 unspecified atom stereocenters. The van der Waals surface area contributed by atoms with Crippen LogP contribution < -0.4 is 15.4 Å². The first kappa shape index (κ1) is 27.4. The molecule has 5 rings (SSSR count). The summed E-state index contributed by atoms with van der Waals surface area (Å²) in [5.41, 5.74) is 1.85. The van der Waals surface area contributed by atoms with Gasteiger partial charge in [0.15, 0.2) is 16.7 Å². The lowest BCUT2D eigenvalue weighted by molar-refractivity contribution is -0.119. The fraction of sp³-hybridized carbons (Fsp3) is 0.185. The highest BCUT2D eigenvalue weighted by Crippen LogP contribution is 2.36. The van der Waals surface area contributed by atoms with E-state index in [-0.39, 0.29) is 41.5 Å². The van der Waals surface area contributed by atoms with Crippen molar-refractivity contribution in [1.29, 1.82) is 0 Å². The van der Waals surface area contributed by atoms with E-state index in [4.69, 9.17) is 17.0 Å². The topological polar surface area (TPSA) is 83.6 Å². The molecular formula is C27H24ClFN4O3S2. The summed E-state index contributed by atoms with van der Waals surface area (Å²) in [6.07, 6.45) is 3.77. The molecule has 2 aromatic carbocycles. The number of hydrogen-bond donors (Lipinski definition) is 2. The number of hydrogen-bond acceptors (Lipinski definition) is 6. The Morgan fingerprint density at radius 1 is 1.05 bits per heavy atom. The summed E-state index contributed by atoms with van der Waals surface area (Å²) in [6, 6.07) is 17.0. The van der Waals surface area contributed by atoms with E-state index in [1.54, 1.807) is 24.4 Å². The van der Waals surface area contributed by atoms with Gasteiger partial charge in [0.1, 0.15) is 5.75 Å². The largest absolute Gasteiger partial charge is 0.453 e. The molecule has 0 radical (unpaired) electrons. The van der Waals surface area contributed by atoms with Crippen molar-refractivity contribution in [2.24, 2.45) is 0 Å². The van der Waals surface area contributed by atoms with Crippen LogP contribution in [0.1, 0.15) is 28.1 Å². The molecule has 3 heterocycles. The monoisotopic (exact) mass is 570 g/mol. The summed E-state index contributed by atoms with van der Waals surface area (Å²) < 4.78 is 21.5. The molecule has 2 aromatic heterocycles. The highest BCUT2D eigenvalue weighted by molar-refractivity contribution is 7.80. The lowest BCUT2D eigenvalue weighted by Crippen LogP contribution is -2.35. The lowest BCUT2D eigenvalue weighted by Gasteiger charge is -2.13. The molecule has 0 spiro atoms. The maximum atomic E-state index is 14.9. The third kappa shape index (κ3) is 6.45. The minimum absolute atomic E-state index is 0. The lowest BCUT2D eigenvalue weighted by atomic mass is 10.1. The van der Waals surface area contributed by atoms with Crippen LogP contribution in [0.4, 0.5) is 10.1 Å². The third-order valence-electron chi connectivity index (χ3n) is 5.85. The highest BCUT2D eigenvalue weighted by Gasteiger charge is 2.22. The number of nitrogens with zero attached hydrogens (tertiary/aromatic N) is 2. The van der Waals surface area contributed by atoms with Crippen molar-refractivity contribution in [1.82, 2.24) is 15.2 Å². The fourth-order valence-electron chi connectivity index (χ4n) is 4.07. The summed E-state index contributed by atoms with van der Waals surface area (Å²) >= 11 is 6.48. The number of thiophene rings is 1. The molecule has 196 valence electrons. The number of amides is 2. The average Bonchev–Trinajstić information content (AvgIpc) is 3.57. The van der Waals surface area contributed by atoms with Crippen molar-refractivity contribution in [3.05, 3.63) is 83.1 Å². The van der Waals surface area contributed by atoms with Crippen LogP contribution in [0, 0.1) is 5.82 Å². The van der Waals surface area contributed by atoms with Crippen molar-refractivity contribution in [2.75, 3.05) is 18.4 Å². The Balaban J connectivity index is 0.00000336. The first-order valence-electron chi connectivity index (χ1n) is 11.8. The zero-order valence-electron chi connectivity index (χ0n) is 20.1. The van der Waals surface area contributed by atoms with Crippen LogP contribution in [0.2, 0.25) is 0 Å². The first-order chi connectivity index (χ1) is 18.0. The van der Waals surface area contributed by atoms with E-state index < -0.39 is 5.82 Å². The van der Waals surface area contributed by atoms with E-state index in [0.717, 1.165) is 31.5 Å². The van der Waals surface area contributed by atoms with Crippen molar-refractivity contribution in [3.8, 4) is 11.5 Å². The van der Waals surface area contributed by atoms with Crippen LogP contribution in [-0.4, -0.2) is 39.9 Å². The predicted octanol–water partition coefficient (Wildman–Crippen LogP) is 5.94. The molecule has 0 bridgehead atoms. The quantitative estimate of drug-likeness (QED) is 0.279. The number of aromatic nitrogens is 1. The standard InChI is InChI=1S/C27H23FN4O3S2.ClH/c28-19-15-18(30-27(36)31-24(33)14-17-6-2-1-3-7-17)8-9-21(19)35-22-10-11-29-20-16-23(37-25(20)22)26(34)32-12-4-5-13-32;/h1-3,6-11,15-16H,4-5,12-14H2,(H2,30,31,33,36);1H. The van der Waals surface area contributed by atoms with Crippen LogP contribution in [0.15, 0.2) is 66.9 Å². The van der Waals surface area contributed by atoms with Gasteiger partial charge in [-0.15, -0.1) is 23.7 Å². The molecular weight excluding hydrogens is 547 g/mol. The Hall–Kier alpha value is -3.60. The van der Waals surface area contributed by atoms with E-state index in [9.17, 15) is 14.0 Å². The SMILES string of the molecule is Cl.O=C(Cc1ccccc1)NC(=S)Nc1ccc(Oc2ccnc3cc(C(=O)N4CCCC4)sc23)c(F)c1. The number of halogens is 2. The number of fused-ring (bicyclic) bond motifs is 1. The molecule has 2 amide bonds. The molecule has 7 nitrogen and oxygen atoms in total. The number of nitrogens with one attached hydrogen (secondary N) is 2. The summed E-state index contributed by atoms with van der Waals surface area (Å²) in [5.74, 6) is -0.473. The van der Waals surface area contributed by atoms with Gasteiger partial charge >= 0.3 is 0 Å². The normalized spacial score (nSPS) is 12.6. The van der Waals surface area contributed by atoms with Gasteiger partial charge in [0.25, 0.3) is 5.91 Å². The third-order valence-corrected chi connectivity index (χ3v) is 7.18. The smallest absolute Gasteiger partial charge is 0.264 e. The van der Waals surface area contributed by atoms with E-state index in [0.29, 0.717) is 26.5 Å². The molecule has 11 heteroatoms. The van der Waals surface area contributed by atoms with E-state index in [1.165, 1.54) is 23.5 Å². The fourth-order valence-corrected chi connectivity index (χ4v) is 5.34. The van der Waals surface area contributed by atoms with Crippen LogP contribution in [-0.2, 0) is 11.2 Å². The Bertz CT molecular complexity index is 1480. The number of likely N-dealkylation sites (tertiary alicyclic amines) is 1. The molecule has 0 aliphatic carbocycles. The van der Waals surface area contributed by atoms with Crippen LogP contribution in [0.25, 0.3) is 10.2 Å². The first-order valence-corrected chi connectivity index (χ1v) is 13.0. The Morgan fingerprint density at radius 2 is 1.82 bits per heavy atom. The number of anilines is 1.